The maximum absolute atomic E-state index is 10.8. The van der Waals surface area contributed by atoms with Gasteiger partial charge in [0.25, 0.3) is 0 Å². The van der Waals surface area contributed by atoms with Gasteiger partial charge in [-0.15, -0.1) is 0 Å². The number of carbonyl (C=O) groups is 1. The standard InChI is InChI=1S/C10H20N2O2/c1-10(2,11)7-12-5-3-4-8(6-12)9(13)14/h8H,3-7,11H2,1-2H3,(H,13,14). The maximum atomic E-state index is 10.8. The largest absolute Gasteiger partial charge is 0.481 e. The van der Waals surface area contributed by atoms with Gasteiger partial charge in [-0.05, 0) is 33.2 Å². The molecule has 4 nitrogen and oxygen atoms in total. The number of carboxylic acid groups (broad SMARTS) is 1. The summed E-state index contributed by atoms with van der Waals surface area (Å²) < 4.78 is 0. The van der Waals surface area contributed by atoms with Crippen LogP contribution in [0.25, 0.3) is 0 Å². The summed E-state index contributed by atoms with van der Waals surface area (Å²) in [7, 11) is 0. The van der Waals surface area contributed by atoms with E-state index in [0.29, 0.717) is 6.54 Å². The summed E-state index contributed by atoms with van der Waals surface area (Å²) in [6.45, 7) is 6.34. The minimum Gasteiger partial charge on any atom is -0.481 e. The molecule has 82 valence electrons. The Morgan fingerprint density at radius 2 is 2.29 bits per heavy atom. The Balaban J connectivity index is 2.44. The van der Waals surface area contributed by atoms with Crippen LogP contribution in [0.1, 0.15) is 26.7 Å². The molecule has 3 N–H and O–H groups in total. The van der Waals surface area contributed by atoms with Gasteiger partial charge in [-0.3, -0.25) is 4.79 Å². The number of hydrogen-bond donors (Lipinski definition) is 2. The maximum Gasteiger partial charge on any atom is 0.307 e. The first-order valence-corrected chi connectivity index (χ1v) is 5.12. The molecule has 0 amide bonds. The average molecular weight is 200 g/mol. The van der Waals surface area contributed by atoms with E-state index in [-0.39, 0.29) is 11.5 Å². The van der Waals surface area contributed by atoms with Gasteiger partial charge < -0.3 is 15.7 Å². The lowest BCUT2D eigenvalue weighted by Crippen LogP contribution is -2.49. The van der Waals surface area contributed by atoms with Gasteiger partial charge in [-0.25, -0.2) is 0 Å². The third-order valence-corrected chi connectivity index (χ3v) is 2.49. The Morgan fingerprint density at radius 1 is 1.64 bits per heavy atom. The lowest BCUT2D eigenvalue weighted by molar-refractivity contribution is -0.143. The third-order valence-electron chi connectivity index (χ3n) is 2.49. The lowest BCUT2D eigenvalue weighted by atomic mass is 9.96. The molecular weight excluding hydrogens is 180 g/mol. The number of piperidine rings is 1. The summed E-state index contributed by atoms with van der Waals surface area (Å²) in [6.07, 6.45) is 1.77. The minimum atomic E-state index is -0.676. The van der Waals surface area contributed by atoms with Crippen LogP contribution in [0.2, 0.25) is 0 Å². The van der Waals surface area contributed by atoms with Crippen LogP contribution in [-0.4, -0.2) is 41.1 Å². The second-order valence-electron chi connectivity index (χ2n) is 4.90. The second kappa shape index (κ2) is 4.28. The highest BCUT2D eigenvalue weighted by Gasteiger charge is 2.27. The molecule has 0 saturated carbocycles. The number of likely N-dealkylation sites (tertiary alicyclic amines) is 1. The fraction of sp³-hybridized carbons (Fsp3) is 0.900. The van der Waals surface area contributed by atoms with Crippen LogP contribution in [0.15, 0.2) is 0 Å². The fourth-order valence-electron chi connectivity index (χ4n) is 1.98. The van der Waals surface area contributed by atoms with Crippen molar-refractivity contribution in [2.45, 2.75) is 32.2 Å². The Morgan fingerprint density at radius 3 is 2.79 bits per heavy atom. The van der Waals surface area contributed by atoms with Crippen molar-refractivity contribution in [3.05, 3.63) is 0 Å². The average Bonchev–Trinajstić information content (AvgIpc) is 2.01. The molecule has 4 heteroatoms. The zero-order chi connectivity index (χ0) is 10.8. The molecule has 1 fully saturated rings. The molecule has 1 atom stereocenters. The first kappa shape index (κ1) is 11.5. The van der Waals surface area contributed by atoms with Crippen molar-refractivity contribution in [3.8, 4) is 0 Å². The zero-order valence-electron chi connectivity index (χ0n) is 8.99. The molecule has 1 saturated heterocycles. The third kappa shape index (κ3) is 3.64. The molecule has 0 radical (unpaired) electrons. The van der Waals surface area contributed by atoms with Crippen molar-refractivity contribution in [2.75, 3.05) is 19.6 Å². The quantitative estimate of drug-likeness (QED) is 0.697. The van der Waals surface area contributed by atoms with Gasteiger partial charge in [0.15, 0.2) is 0 Å². The van der Waals surface area contributed by atoms with Crippen LogP contribution in [0.4, 0.5) is 0 Å². The van der Waals surface area contributed by atoms with Crippen LogP contribution >= 0.6 is 0 Å². The van der Waals surface area contributed by atoms with Crippen molar-refractivity contribution in [1.29, 1.82) is 0 Å². The SMILES string of the molecule is CC(C)(N)CN1CCCC(C(=O)O)C1. The van der Waals surface area contributed by atoms with Gasteiger partial charge >= 0.3 is 5.97 Å². The highest BCUT2D eigenvalue weighted by Crippen LogP contribution is 2.17. The summed E-state index contributed by atoms with van der Waals surface area (Å²) >= 11 is 0. The molecule has 0 aliphatic carbocycles. The number of aliphatic carboxylic acids is 1. The molecule has 0 aromatic rings. The molecule has 1 aliphatic heterocycles. The number of carboxylic acids is 1. The van der Waals surface area contributed by atoms with Crippen LogP contribution in [0.5, 0.6) is 0 Å². The molecule has 1 unspecified atom stereocenters. The summed E-state index contributed by atoms with van der Waals surface area (Å²) in [5.41, 5.74) is 5.66. The first-order chi connectivity index (χ1) is 6.38. The van der Waals surface area contributed by atoms with E-state index in [1.807, 2.05) is 13.8 Å². The Labute approximate surface area is 85.1 Å². The van der Waals surface area contributed by atoms with E-state index >= 15 is 0 Å². The Bertz CT molecular complexity index is 211. The highest BCUT2D eigenvalue weighted by atomic mass is 16.4. The van der Waals surface area contributed by atoms with Gasteiger partial charge in [-0.2, -0.15) is 0 Å². The van der Waals surface area contributed by atoms with Gasteiger partial charge in [0.1, 0.15) is 0 Å². The number of nitrogens with two attached hydrogens (primary N) is 1. The lowest BCUT2D eigenvalue weighted by Gasteiger charge is -2.35. The first-order valence-electron chi connectivity index (χ1n) is 5.12. The van der Waals surface area contributed by atoms with E-state index in [9.17, 15) is 4.79 Å². The van der Waals surface area contributed by atoms with Gasteiger partial charge in [0, 0.05) is 18.6 Å². The van der Waals surface area contributed by atoms with E-state index in [2.05, 4.69) is 4.90 Å². The highest BCUT2D eigenvalue weighted by molar-refractivity contribution is 5.70. The molecule has 0 aromatic carbocycles. The molecular formula is C10H20N2O2. The van der Waals surface area contributed by atoms with E-state index < -0.39 is 5.97 Å². The van der Waals surface area contributed by atoms with Crippen molar-refractivity contribution in [2.24, 2.45) is 11.7 Å². The Hall–Kier alpha value is -0.610. The van der Waals surface area contributed by atoms with Crippen molar-refractivity contribution < 1.29 is 9.90 Å². The van der Waals surface area contributed by atoms with Crippen molar-refractivity contribution in [1.82, 2.24) is 4.90 Å². The van der Waals surface area contributed by atoms with E-state index in [4.69, 9.17) is 10.8 Å². The number of hydrogen-bond acceptors (Lipinski definition) is 3. The van der Waals surface area contributed by atoms with Gasteiger partial charge in [-0.1, -0.05) is 0 Å². The normalized spacial score (nSPS) is 24.9. The number of nitrogens with zero attached hydrogens (tertiary/aromatic N) is 1. The van der Waals surface area contributed by atoms with E-state index in [0.717, 1.165) is 25.9 Å². The summed E-state index contributed by atoms with van der Waals surface area (Å²) in [4.78, 5) is 13.0. The molecule has 1 heterocycles. The van der Waals surface area contributed by atoms with Gasteiger partial charge in [0.2, 0.25) is 0 Å². The van der Waals surface area contributed by atoms with Crippen molar-refractivity contribution in [3.63, 3.8) is 0 Å². The molecule has 0 spiro atoms. The monoisotopic (exact) mass is 200 g/mol. The second-order valence-corrected chi connectivity index (χ2v) is 4.90. The Kier molecular flexibility index (Phi) is 3.50. The van der Waals surface area contributed by atoms with E-state index in [1.54, 1.807) is 0 Å². The molecule has 1 aliphatic rings. The predicted molar refractivity (Wildman–Crippen MR) is 55.1 cm³/mol. The van der Waals surface area contributed by atoms with Gasteiger partial charge in [0.05, 0.1) is 5.92 Å². The topological polar surface area (TPSA) is 66.6 Å². The van der Waals surface area contributed by atoms with Crippen LogP contribution in [0.3, 0.4) is 0 Å². The van der Waals surface area contributed by atoms with Crippen LogP contribution < -0.4 is 5.73 Å². The summed E-state index contributed by atoms with van der Waals surface area (Å²) in [6, 6.07) is 0. The van der Waals surface area contributed by atoms with Crippen LogP contribution in [0, 0.1) is 5.92 Å². The molecule has 1 rings (SSSR count). The summed E-state index contributed by atoms with van der Waals surface area (Å²) in [5, 5.41) is 8.90. The molecule has 14 heavy (non-hydrogen) atoms. The predicted octanol–water partition coefficient (Wildman–Crippen LogP) is 0.520. The molecule has 0 aromatic heterocycles. The smallest absolute Gasteiger partial charge is 0.307 e. The van der Waals surface area contributed by atoms with Crippen LogP contribution in [-0.2, 0) is 4.79 Å². The molecule has 0 bridgehead atoms. The van der Waals surface area contributed by atoms with E-state index in [1.165, 1.54) is 0 Å². The van der Waals surface area contributed by atoms with Crippen molar-refractivity contribution >= 4 is 5.97 Å². The zero-order valence-corrected chi connectivity index (χ0v) is 8.99. The minimum absolute atomic E-state index is 0.203. The fourth-order valence-corrected chi connectivity index (χ4v) is 1.98. The number of rotatable bonds is 3. The summed E-state index contributed by atoms with van der Waals surface area (Å²) in [5.74, 6) is -0.879.